The number of anilines is 1. The van der Waals surface area contributed by atoms with Gasteiger partial charge in [-0.25, -0.2) is 8.42 Å². The van der Waals surface area contributed by atoms with Crippen molar-refractivity contribution in [1.29, 1.82) is 0 Å². The number of hydrogen-bond donors (Lipinski definition) is 1. The molecule has 0 aromatic heterocycles. The number of sulfonamides is 1. The minimum atomic E-state index is -3.64. The van der Waals surface area contributed by atoms with E-state index in [4.69, 9.17) is 14.2 Å². The van der Waals surface area contributed by atoms with Gasteiger partial charge in [-0.05, 0) is 43.4 Å². The number of carbonyl (C=O) groups is 1. The molecule has 1 N–H and O–H groups in total. The summed E-state index contributed by atoms with van der Waals surface area (Å²) >= 11 is 0. The van der Waals surface area contributed by atoms with E-state index in [0.717, 1.165) is 25.0 Å². The molecule has 1 aromatic carbocycles. The van der Waals surface area contributed by atoms with E-state index in [2.05, 4.69) is 5.32 Å². The molecule has 9 heteroatoms. The van der Waals surface area contributed by atoms with Crippen molar-refractivity contribution in [2.75, 3.05) is 44.8 Å². The summed E-state index contributed by atoms with van der Waals surface area (Å²) in [5.74, 6) is -0.320. The van der Waals surface area contributed by atoms with Gasteiger partial charge < -0.3 is 19.5 Å². The van der Waals surface area contributed by atoms with Crippen LogP contribution in [0.3, 0.4) is 0 Å². The van der Waals surface area contributed by atoms with Gasteiger partial charge in [0, 0.05) is 25.4 Å². The van der Waals surface area contributed by atoms with Crippen LogP contribution in [0.2, 0.25) is 0 Å². The van der Waals surface area contributed by atoms with Gasteiger partial charge in [0.1, 0.15) is 6.10 Å². The summed E-state index contributed by atoms with van der Waals surface area (Å²) < 4.78 is 44.0. The first-order chi connectivity index (χ1) is 14.3. The number of carbonyl (C=O) groups excluding carboxylic acids is 1. The Morgan fingerprint density at radius 3 is 2.63 bits per heavy atom. The smallest absolute Gasteiger partial charge is 0.253 e. The number of rotatable bonds is 8. The molecule has 1 aromatic rings. The van der Waals surface area contributed by atoms with Crippen molar-refractivity contribution in [2.45, 2.75) is 50.7 Å². The van der Waals surface area contributed by atoms with Gasteiger partial charge >= 0.3 is 0 Å². The van der Waals surface area contributed by atoms with Gasteiger partial charge in [-0.3, -0.25) is 4.79 Å². The monoisotopic (exact) mass is 440 g/mol. The van der Waals surface area contributed by atoms with Gasteiger partial charge in [0.05, 0.1) is 30.8 Å². The zero-order chi connectivity index (χ0) is 21.7. The Morgan fingerprint density at radius 1 is 1.27 bits per heavy atom. The average molecular weight is 441 g/mol. The Bertz CT molecular complexity index is 830. The Hall–Kier alpha value is -1.52. The summed E-state index contributed by atoms with van der Waals surface area (Å²) in [5, 5.41) is 2.87. The number of nitrogens with zero attached hydrogens (tertiary/aromatic N) is 1. The van der Waals surface area contributed by atoms with E-state index < -0.39 is 16.1 Å². The molecule has 2 saturated heterocycles. The van der Waals surface area contributed by atoms with Gasteiger partial charge in [0.25, 0.3) is 5.91 Å². The molecule has 2 aliphatic rings. The van der Waals surface area contributed by atoms with E-state index in [1.54, 1.807) is 12.1 Å². The zero-order valence-corrected chi connectivity index (χ0v) is 18.7. The van der Waals surface area contributed by atoms with Crippen molar-refractivity contribution in [1.82, 2.24) is 4.31 Å². The molecule has 2 aliphatic heterocycles. The van der Waals surface area contributed by atoms with Crippen molar-refractivity contribution < 1.29 is 27.4 Å². The lowest BCUT2D eigenvalue weighted by atomic mass is 10.1. The molecule has 2 atom stereocenters. The van der Waals surface area contributed by atoms with Crippen molar-refractivity contribution in [3.8, 4) is 0 Å². The number of morpholine rings is 1. The molecule has 1 amide bonds. The maximum Gasteiger partial charge on any atom is 0.253 e. The van der Waals surface area contributed by atoms with Crippen LogP contribution in [0.5, 0.6) is 0 Å². The number of aryl methyl sites for hydroxylation is 1. The molecular weight excluding hydrogens is 408 g/mol. The van der Waals surface area contributed by atoms with Crippen LogP contribution in [-0.4, -0.2) is 70.4 Å². The Kier molecular flexibility index (Phi) is 7.86. The van der Waals surface area contributed by atoms with Crippen molar-refractivity contribution in [3.63, 3.8) is 0 Å². The molecule has 0 aliphatic carbocycles. The number of ether oxygens (including phenoxy) is 3. The zero-order valence-electron chi connectivity index (χ0n) is 17.9. The lowest BCUT2D eigenvalue weighted by Gasteiger charge is -2.26. The third-order valence-electron chi connectivity index (χ3n) is 5.42. The van der Waals surface area contributed by atoms with Crippen LogP contribution in [0.25, 0.3) is 0 Å². The molecule has 2 heterocycles. The fraction of sp³-hybridized carbons (Fsp3) is 0.667. The highest BCUT2D eigenvalue weighted by atomic mass is 32.2. The van der Waals surface area contributed by atoms with Crippen LogP contribution in [-0.2, 0) is 29.0 Å². The maximum atomic E-state index is 12.9. The highest BCUT2D eigenvalue weighted by Crippen LogP contribution is 2.25. The van der Waals surface area contributed by atoms with E-state index in [0.29, 0.717) is 38.6 Å². The summed E-state index contributed by atoms with van der Waals surface area (Å²) in [6, 6.07) is 4.81. The Morgan fingerprint density at radius 2 is 2.00 bits per heavy atom. The van der Waals surface area contributed by atoms with Gasteiger partial charge in [-0.15, -0.1) is 0 Å². The van der Waals surface area contributed by atoms with Crippen LogP contribution in [0.1, 0.15) is 32.3 Å². The van der Waals surface area contributed by atoms with Crippen LogP contribution < -0.4 is 5.32 Å². The summed E-state index contributed by atoms with van der Waals surface area (Å²) in [6.45, 7) is 8.20. The average Bonchev–Trinajstić information content (AvgIpc) is 3.23. The Balaban J connectivity index is 1.72. The number of hydrogen-bond acceptors (Lipinski definition) is 6. The molecule has 2 fully saturated rings. The molecule has 0 unspecified atom stereocenters. The van der Waals surface area contributed by atoms with E-state index in [9.17, 15) is 13.2 Å². The first-order valence-corrected chi connectivity index (χ1v) is 12.0. The molecular formula is C21H32N2O6S. The number of amides is 1. The predicted octanol–water partition coefficient (Wildman–Crippen LogP) is 2.17. The van der Waals surface area contributed by atoms with Gasteiger partial charge in [0.15, 0.2) is 0 Å². The van der Waals surface area contributed by atoms with E-state index >= 15 is 0 Å². The standard InChI is InChI=1S/C21H32N2O6S/c1-15(2)20(29-14-17-5-4-10-28-17)21(24)22-19-13-18(7-6-16(19)3)30(25,26)23-8-11-27-12-9-23/h6-7,13,15,17,20H,4-5,8-12,14H2,1-3H3,(H,22,24)/t17-,20+/m1/s1. The fourth-order valence-electron chi connectivity index (χ4n) is 3.59. The van der Waals surface area contributed by atoms with E-state index in [-0.39, 0.29) is 22.8 Å². The second kappa shape index (κ2) is 10.2. The van der Waals surface area contributed by atoms with Crippen LogP contribution in [0.4, 0.5) is 5.69 Å². The molecule has 168 valence electrons. The van der Waals surface area contributed by atoms with Gasteiger partial charge in [-0.2, -0.15) is 4.31 Å². The fourth-order valence-corrected chi connectivity index (χ4v) is 5.03. The van der Waals surface area contributed by atoms with Crippen molar-refractivity contribution in [3.05, 3.63) is 23.8 Å². The summed E-state index contributed by atoms with van der Waals surface area (Å²) in [6.07, 6.45) is 1.33. The van der Waals surface area contributed by atoms with Crippen molar-refractivity contribution in [2.24, 2.45) is 5.92 Å². The third kappa shape index (κ3) is 5.59. The van der Waals surface area contributed by atoms with Crippen molar-refractivity contribution >= 4 is 21.6 Å². The van der Waals surface area contributed by atoms with Gasteiger partial charge in [0.2, 0.25) is 10.0 Å². The topological polar surface area (TPSA) is 94.2 Å². The predicted molar refractivity (Wildman–Crippen MR) is 113 cm³/mol. The first kappa shape index (κ1) is 23.1. The molecule has 0 bridgehead atoms. The first-order valence-electron chi connectivity index (χ1n) is 10.5. The highest BCUT2D eigenvalue weighted by Gasteiger charge is 2.29. The second-order valence-corrected chi connectivity index (χ2v) is 10.1. The summed E-state index contributed by atoms with van der Waals surface area (Å²) in [7, 11) is -3.64. The summed E-state index contributed by atoms with van der Waals surface area (Å²) in [5.41, 5.74) is 1.26. The van der Waals surface area contributed by atoms with Gasteiger partial charge in [-0.1, -0.05) is 19.9 Å². The molecule has 30 heavy (non-hydrogen) atoms. The second-order valence-electron chi connectivity index (χ2n) is 8.12. The molecule has 0 spiro atoms. The molecule has 0 saturated carbocycles. The lowest BCUT2D eigenvalue weighted by molar-refractivity contribution is -0.132. The molecule has 3 rings (SSSR count). The van der Waals surface area contributed by atoms with E-state index in [1.165, 1.54) is 10.4 Å². The normalized spacial score (nSPS) is 21.7. The number of nitrogens with one attached hydrogen (secondary N) is 1. The molecule has 0 radical (unpaired) electrons. The summed E-state index contributed by atoms with van der Waals surface area (Å²) in [4.78, 5) is 13.1. The quantitative estimate of drug-likeness (QED) is 0.666. The SMILES string of the molecule is Cc1ccc(S(=O)(=O)N2CCOCC2)cc1NC(=O)[C@@H](OC[C@H]1CCCO1)C(C)C. The highest BCUT2D eigenvalue weighted by molar-refractivity contribution is 7.89. The third-order valence-corrected chi connectivity index (χ3v) is 7.32. The van der Waals surface area contributed by atoms with Crippen LogP contribution in [0.15, 0.2) is 23.1 Å². The largest absolute Gasteiger partial charge is 0.379 e. The van der Waals surface area contributed by atoms with Crippen LogP contribution in [0, 0.1) is 12.8 Å². The van der Waals surface area contributed by atoms with E-state index in [1.807, 2.05) is 20.8 Å². The minimum absolute atomic E-state index is 0.0304. The Labute approximate surface area is 178 Å². The molecule has 8 nitrogen and oxygen atoms in total. The lowest BCUT2D eigenvalue weighted by Crippen LogP contribution is -2.40. The number of benzene rings is 1. The minimum Gasteiger partial charge on any atom is -0.379 e. The maximum absolute atomic E-state index is 12.9. The van der Waals surface area contributed by atoms with Crippen LogP contribution >= 0.6 is 0 Å².